The van der Waals surface area contributed by atoms with Crippen LogP contribution >= 0.6 is 0 Å². The Morgan fingerprint density at radius 1 is 1.08 bits per heavy atom. The zero-order valence-corrected chi connectivity index (χ0v) is 22.0. The summed E-state index contributed by atoms with van der Waals surface area (Å²) in [5.41, 5.74) is 4.88. The summed E-state index contributed by atoms with van der Waals surface area (Å²) >= 11 is 0. The van der Waals surface area contributed by atoms with Crippen LogP contribution in [0.2, 0.25) is 0 Å². The first kappa shape index (κ1) is 24.1. The highest BCUT2D eigenvalue weighted by atomic mass is 16.1. The second-order valence-corrected chi connectivity index (χ2v) is 10.4. The summed E-state index contributed by atoms with van der Waals surface area (Å²) in [7, 11) is 1.94. The molecule has 5 aromatic rings. The number of imidazole rings is 1. The SMILES string of the molecule is CC(C)n1ccc(-c2cn3nc(-c4nccn4C)nc(NC[C@H]4CC[C@H]4CC=O)c3c2-c2ccccc2)n1. The first-order valence-electron chi connectivity index (χ1n) is 13.2. The molecule has 9 heteroatoms. The van der Waals surface area contributed by atoms with Gasteiger partial charge in [0.25, 0.3) is 0 Å². The quantitative estimate of drug-likeness (QED) is 0.273. The van der Waals surface area contributed by atoms with Crippen LogP contribution in [0.1, 0.15) is 39.2 Å². The van der Waals surface area contributed by atoms with Crippen LogP contribution in [0.3, 0.4) is 0 Å². The molecule has 4 heterocycles. The van der Waals surface area contributed by atoms with Crippen LogP contribution in [0.4, 0.5) is 5.82 Å². The van der Waals surface area contributed by atoms with E-state index in [1.807, 2.05) is 57.6 Å². The number of hydrogen-bond acceptors (Lipinski definition) is 6. The predicted octanol–water partition coefficient (Wildman–Crippen LogP) is 5.27. The Morgan fingerprint density at radius 2 is 1.89 bits per heavy atom. The predicted molar refractivity (Wildman–Crippen MR) is 148 cm³/mol. The molecule has 0 amide bonds. The third kappa shape index (κ3) is 4.27. The minimum absolute atomic E-state index is 0.259. The van der Waals surface area contributed by atoms with Crippen LogP contribution in [0, 0.1) is 11.8 Å². The summed E-state index contributed by atoms with van der Waals surface area (Å²) in [6.45, 7) is 4.99. The van der Waals surface area contributed by atoms with E-state index in [0.717, 1.165) is 59.4 Å². The molecule has 0 spiro atoms. The van der Waals surface area contributed by atoms with Crippen molar-refractivity contribution in [3.05, 3.63) is 61.2 Å². The minimum Gasteiger partial charge on any atom is -0.368 e. The average Bonchev–Trinajstić information content (AvgIpc) is 3.65. The Balaban J connectivity index is 1.54. The monoisotopic (exact) mass is 508 g/mol. The van der Waals surface area contributed by atoms with Gasteiger partial charge in [-0.2, -0.15) is 5.10 Å². The Morgan fingerprint density at radius 3 is 2.55 bits per heavy atom. The largest absolute Gasteiger partial charge is 0.368 e. The molecule has 1 saturated carbocycles. The van der Waals surface area contributed by atoms with E-state index in [2.05, 4.69) is 42.3 Å². The van der Waals surface area contributed by atoms with Crippen molar-refractivity contribution in [3.63, 3.8) is 0 Å². The number of benzene rings is 1. The number of carbonyl (C=O) groups excluding carboxylic acids is 1. The van der Waals surface area contributed by atoms with Gasteiger partial charge in [0.15, 0.2) is 11.6 Å². The number of rotatable bonds is 9. The van der Waals surface area contributed by atoms with E-state index >= 15 is 0 Å². The van der Waals surface area contributed by atoms with Gasteiger partial charge in [0.05, 0.1) is 5.69 Å². The number of fused-ring (bicyclic) bond motifs is 1. The zero-order valence-electron chi connectivity index (χ0n) is 22.0. The van der Waals surface area contributed by atoms with Crippen molar-refractivity contribution >= 4 is 17.6 Å². The molecule has 1 N–H and O–H groups in total. The fourth-order valence-corrected chi connectivity index (χ4v) is 5.31. The first-order chi connectivity index (χ1) is 18.5. The maximum Gasteiger partial charge on any atom is 0.218 e. The molecule has 0 radical (unpaired) electrons. The highest BCUT2D eigenvalue weighted by molar-refractivity contribution is 5.98. The lowest BCUT2D eigenvalue weighted by atomic mass is 9.72. The van der Waals surface area contributed by atoms with E-state index in [0.29, 0.717) is 29.9 Å². The van der Waals surface area contributed by atoms with Crippen molar-refractivity contribution in [2.24, 2.45) is 18.9 Å². The molecule has 4 aromatic heterocycles. The minimum atomic E-state index is 0.259. The molecule has 0 saturated heterocycles. The lowest BCUT2D eigenvalue weighted by molar-refractivity contribution is -0.109. The Hall–Kier alpha value is -4.27. The highest BCUT2D eigenvalue weighted by Crippen LogP contribution is 2.40. The summed E-state index contributed by atoms with van der Waals surface area (Å²) in [6, 6.07) is 12.7. The summed E-state index contributed by atoms with van der Waals surface area (Å²) < 4.78 is 5.80. The van der Waals surface area contributed by atoms with E-state index < -0.39 is 0 Å². The molecule has 0 unspecified atom stereocenters. The number of aromatic nitrogens is 7. The van der Waals surface area contributed by atoms with Gasteiger partial charge in [-0.15, -0.1) is 5.10 Å². The topological polar surface area (TPSA) is 94.9 Å². The van der Waals surface area contributed by atoms with E-state index in [-0.39, 0.29) is 6.04 Å². The fraction of sp³-hybridized carbons (Fsp3) is 0.345. The first-order valence-corrected chi connectivity index (χ1v) is 13.2. The van der Waals surface area contributed by atoms with E-state index in [1.165, 1.54) is 0 Å². The number of anilines is 1. The molecule has 1 aliphatic rings. The fourth-order valence-electron chi connectivity index (χ4n) is 5.31. The van der Waals surface area contributed by atoms with Gasteiger partial charge in [0.1, 0.15) is 11.8 Å². The van der Waals surface area contributed by atoms with Crippen molar-refractivity contribution in [2.75, 3.05) is 11.9 Å². The van der Waals surface area contributed by atoms with Crippen LogP contribution in [0.5, 0.6) is 0 Å². The van der Waals surface area contributed by atoms with Crippen molar-refractivity contribution < 1.29 is 4.79 Å². The van der Waals surface area contributed by atoms with Crippen molar-refractivity contribution in [3.8, 4) is 34.0 Å². The number of nitrogens with one attached hydrogen (secondary N) is 1. The molecular formula is C29H32N8O. The van der Waals surface area contributed by atoms with Gasteiger partial charge in [0, 0.05) is 62.0 Å². The highest BCUT2D eigenvalue weighted by Gasteiger charge is 2.31. The van der Waals surface area contributed by atoms with Gasteiger partial charge in [-0.05, 0) is 50.2 Å². The summed E-state index contributed by atoms with van der Waals surface area (Å²) in [4.78, 5) is 20.6. The number of aryl methyl sites for hydroxylation is 1. The molecule has 0 aliphatic heterocycles. The lowest BCUT2D eigenvalue weighted by Crippen LogP contribution is -2.32. The van der Waals surface area contributed by atoms with Crippen LogP contribution < -0.4 is 5.32 Å². The summed E-state index contributed by atoms with van der Waals surface area (Å²) in [5, 5.41) is 13.5. The maximum absolute atomic E-state index is 11.1. The molecule has 194 valence electrons. The molecule has 2 atom stereocenters. The molecule has 1 aliphatic carbocycles. The molecule has 6 rings (SSSR count). The number of nitrogens with zero attached hydrogens (tertiary/aromatic N) is 7. The number of carbonyl (C=O) groups is 1. The van der Waals surface area contributed by atoms with Gasteiger partial charge in [-0.25, -0.2) is 14.5 Å². The standard InChI is InChI=1S/C29H32N8O/c1-19(2)36-14-11-24(33-36)23-18-37-26(25(23)21-7-5-4-6-8-21)27(31-17-22-10-9-20(22)12-16-38)32-28(34-37)29-30-13-15-35(29)3/h4-8,11,13-16,18-20,22H,9-10,12,17H2,1-3H3,(H,31,32,34)/t20-,22+/m0/s1. The van der Waals surface area contributed by atoms with Gasteiger partial charge in [-0.3, -0.25) is 4.68 Å². The van der Waals surface area contributed by atoms with E-state index in [4.69, 9.17) is 15.2 Å². The Labute approximate surface area is 221 Å². The second kappa shape index (κ2) is 9.89. The van der Waals surface area contributed by atoms with Crippen molar-refractivity contribution in [1.29, 1.82) is 0 Å². The molecule has 0 bridgehead atoms. The van der Waals surface area contributed by atoms with Gasteiger partial charge in [-0.1, -0.05) is 30.3 Å². The van der Waals surface area contributed by atoms with E-state index in [9.17, 15) is 4.79 Å². The van der Waals surface area contributed by atoms with Gasteiger partial charge >= 0.3 is 0 Å². The van der Waals surface area contributed by atoms with Crippen LogP contribution in [0.25, 0.3) is 39.5 Å². The van der Waals surface area contributed by atoms with E-state index in [1.54, 1.807) is 6.20 Å². The number of aldehydes is 1. The Bertz CT molecular complexity index is 1580. The third-order valence-corrected chi connectivity index (χ3v) is 7.63. The molecule has 38 heavy (non-hydrogen) atoms. The van der Waals surface area contributed by atoms with Crippen molar-refractivity contribution in [2.45, 2.75) is 39.2 Å². The maximum atomic E-state index is 11.1. The van der Waals surface area contributed by atoms with Gasteiger partial charge in [0.2, 0.25) is 5.82 Å². The summed E-state index contributed by atoms with van der Waals surface area (Å²) in [6.07, 6.45) is 11.6. The molecule has 1 aromatic carbocycles. The average molecular weight is 509 g/mol. The van der Waals surface area contributed by atoms with Crippen LogP contribution in [-0.2, 0) is 11.8 Å². The Kier molecular flexibility index (Phi) is 6.27. The third-order valence-electron chi connectivity index (χ3n) is 7.63. The van der Waals surface area contributed by atoms with Crippen molar-refractivity contribution in [1.82, 2.24) is 33.9 Å². The second-order valence-electron chi connectivity index (χ2n) is 10.4. The smallest absolute Gasteiger partial charge is 0.218 e. The molecule has 1 fully saturated rings. The molecule has 9 nitrogen and oxygen atoms in total. The molecular weight excluding hydrogens is 476 g/mol. The number of hydrogen-bond donors (Lipinski definition) is 1. The van der Waals surface area contributed by atoms with Gasteiger partial charge < -0.3 is 14.7 Å². The van der Waals surface area contributed by atoms with Crippen LogP contribution in [-0.4, -0.2) is 46.8 Å². The summed E-state index contributed by atoms with van der Waals surface area (Å²) in [5.74, 6) is 2.87. The normalized spacial score (nSPS) is 17.2. The zero-order chi connectivity index (χ0) is 26.2. The van der Waals surface area contributed by atoms with Crippen LogP contribution in [0.15, 0.2) is 61.2 Å². The lowest BCUT2D eigenvalue weighted by Gasteiger charge is -2.35.